The summed E-state index contributed by atoms with van der Waals surface area (Å²) in [5.41, 5.74) is 0.672. The Balaban J connectivity index is 0.000000288. The Bertz CT molecular complexity index is 513. The molecule has 0 aromatic carbocycles. The molecule has 4 nitrogen and oxygen atoms in total. The quantitative estimate of drug-likeness (QED) is 0.554. The van der Waals surface area contributed by atoms with Crippen LogP contribution < -0.4 is 23.6 Å². The zero-order valence-electron chi connectivity index (χ0n) is 15.8. The molecule has 0 spiro atoms. The predicted octanol–water partition coefficient (Wildman–Crippen LogP) is 0.479. The third-order valence-corrected chi connectivity index (χ3v) is 4.51. The van der Waals surface area contributed by atoms with Gasteiger partial charge in [-0.1, -0.05) is 26.5 Å². The van der Waals surface area contributed by atoms with Gasteiger partial charge in [0.2, 0.25) is 0 Å². The Hall–Kier alpha value is -0.823. The van der Waals surface area contributed by atoms with Crippen LogP contribution in [0, 0.1) is 24.5 Å². The minimum absolute atomic E-state index is 0. The molecule has 0 aliphatic heterocycles. The Morgan fingerprint density at radius 3 is 2.68 bits per heavy atom. The summed E-state index contributed by atoms with van der Waals surface area (Å²) in [6.07, 6.45) is 15.0. The van der Waals surface area contributed by atoms with Gasteiger partial charge in [-0.2, -0.15) is 19.3 Å². The van der Waals surface area contributed by atoms with E-state index in [2.05, 4.69) is 31.4 Å². The second-order valence-corrected chi connectivity index (χ2v) is 7.19. The first-order valence-corrected chi connectivity index (χ1v) is 8.92. The summed E-state index contributed by atoms with van der Waals surface area (Å²) < 4.78 is 5.56. The first-order chi connectivity index (χ1) is 11.5. The van der Waals surface area contributed by atoms with Gasteiger partial charge in [0, 0.05) is 11.4 Å². The smallest absolute Gasteiger partial charge is 0.542 e. The second kappa shape index (κ2) is 11.0. The fraction of sp³-hybridized carbons (Fsp3) is 0.650. The van der Waals surface area contributed by atoms with Crippen LogP contribution in [0.3, 0.4) is 0 Å². The average molecular weight is 337 g/mol. The average Bonchev–Trinajstić information content (AvgIpc) is 3.36. The van der Waals surface area contributed by atoms with Gasteiger partial charge in [-0.05, 0) is 37.3 Å². The number of aliphatic hydroxyl groups is 1. The van der Waals surface area contributed by atoms with Gasteiger partial charge in [0.05, 0.1) is 6.61 Å². The van der Waals surface area contributed by atoms with Gasteiger partial charge < -0.3 is 26.0 Å². The molecular formula is C20H28LiNO3-2. The number of hydrogen-bond acceptors (Lipinski definition) is 4. The van der Waals surface area contributed by atoms with E-state index in [0.717, 1.165) is 30.6 Å². The standard InChI is InChI=1S/C13H17NO2.C7H11O.Li/c1-11(2)5-7-16-13-8-12(4-3-6-15)9-14-10-13;8-7(4-1-5-7)6-2-3-6;/h8,10-11H,3-5,7H2,1-2H3;1,6,8H,2-5H2;/q-2;-1;+1. The van der Waals surface area contributed by atoms with Gasteiger partial charge in [0.25, 0.3) is 0 Å². The molecule has 0 bridgehead atoms. The van der Waals surface area contributed by atoms with Crippen LogP contribution in [0.15, 0.2) is 12.3 Å². The van der Waals surface area contributed by atoms with E-state index in [1.807, 2.05) is 12.4 Å². The third kappa shape index (κ3) is 7.94. The van der Waals surface area contributed by atoms with Crippen LogP contribution in [-0.2, 0) is 11.2 Å². The van der Waals surface area contributed by atoms with Crippen molar-refractivity contribution in [1.29, 1.82) is 0 Å². The number of hydrogen-bond donors (Lipinski definition) is 1. The minimum Gasteiger partial charge on any atom is -0.542 e. The third-order valence-electron chi connectivity index (χ3n) is 4.51. The van der Waals surface area contributed by atoms with Gasteiger partial charge in [-0.25, -0.2) is 0 Å². The number of pyridine rings is 1. The summed E-state index contributed by atoms with van der Waals surface area (Å²) in [7, 11) is 0. The second-order valence-electron chi connectivity index (χ2n) is 7.19. The van der Waals surface area contributed by atoms with E-state index in [1.165, 1.54) is 12.8 Å². The molecule has 1 aromatic rings. The number of carbonyl (C=O) groups excluding carboxylic acids is 1. The van der Waals surface area contributed by atoms with Crippen molar-refractivity contribution in [3.63, 3.8) is 0 Å². The number of nitrogens with zero attached hydrogens (tertiary/aromatic N) is 1. The number of aryl methyl sites for hydroxylation is 1. The van der Waals surface area contributed by atoms with Crippen molar-refractivity contribution in [2.75, 3.05) is 6.61 Å². The summed E-state index contributed by atoms with van der Waals surface area (Å²) in [5, 5.41) is 9.52. The molecule has 0 amide bonds. The molecule has 0 unspecified atom stereocenters. The topological polar surface area (TPSA) is 59.4 Å². The largest absolute Gasteiger partial charge is 1.00 e. The van der Waals surface area contributed by atoms with Crippen LogP contribution in [0.2, 0.25) is 0 Å². The number of rotatable bonds is 8. The zero-order valence-corrected chi connectivity index (χ0v) is 15.8. The molecule has 1 heterocycles. The van der Waals surface area contributed by atoms with Gasteiger partial charge >= 0.3 is 18.9 Å². The molecule has 0 radical (unpaired) electrons. The normalized spacial score (nSPS) is 17.6. The minimum atomic E-state index is -0.222. The van der Waals surface area contributed by atoms with E-state index in [-0.39, 0.29) is 24.5 Å². The van der Waals surface area contributed by atoms with Gasteiger partial charge in [0.1, 0.15) is 0 Å². The zero-order chi connectivity index (χ0) is 17.4. The molecule has 0 atom stereocenters. The molecule has 3 rings (SSSR count). The van der Waals surface area contributed by atoms with Crippen molar-refractivity contribution in [3.8, 4) is 5.75 Å². The van der Waals surface area contributed by atoms with Crippen LogP contribution in [0.1, 0.15) is 57.9 Å². The molecular weight excluding hydrogens is 309 g/mol. The maximum atomic E-state index is 10.1. The van der Waals surface area contributed by atoms with Crippen LogP contribution in [0.4, 0.5) is 0 Å². The SMILES string of the molecule is CC(C)CCOc1cn[c-]c(CC[C-]=O)c1.OC1(C2CC2)C[CH-]C1.[Li+]. The Morgan fingerprint density at radius 2 is 2.20 bits per heavy atom. The van der Waals surface area contributed by atoms with Crippen molar-refractivity contribution in [1.82, 2.24) is 4.98 Å². The number of aromatic nitrogens is 1. The molecule has 134 valence electrons. The van der Waals surface area contributed by atoms with Crippen molar-refractivity contribution >= 4 is 6.29 Å². The van der Waals surface area contributed by atoms with E-state index in [4.69, 9.17) is 4.74 Å². The van der Waals surface area contributed by atoms with Gasteiger partial charge in [-0.15, -0.1) is 11.6 Å². The molecule has 2 aliphatic rings. The first kappa shape index (κ1) is 22.2. The molecule has 25 heavy (non-hydrogen) atoms. The van der Waals surface area contributed by atoms with Crippen molar-refractivity contribution in [2.24, 2.45) is 11.8 Å². The Labute approximate surface area is 163 Å². The van der Waals surface area contributed by atoms with Crippen LogP contribution in [-0.4, -0.2) is 28.6 Å². The Kier molecular flexibility index (Phi) is 9.79. The van der Waals surface area contributed by atoms with Crippen LogP contribution >= 0.6 is 0 Å². The van der Waals surface area contributed by atoms with Crippen LogP contribution in [0.5, 0.6) is 5.75 Å². The monoisotopic (exact) mass is 337 g/mol. The summed E-state index contributed by atoms with van der Waals surface area (Å²) in [4.78, 5) is 14.1. The first-order valence-electron chi connectivity index (χ1n) is 8.92. The molecule has 2 fully saturated rings. The van der Waals surface area contributed by atoms with Crippen molar-refractivity contribution < 1.29 is 33.5 Å². The fourth-order valence-electron chi connectivity index (χ4n) is 2.62. The van der Waals surface area contributed by atoms with E-state index >= 15 is 0 Å². The molecule has 0 saturated heterocycles. The van der Waals surface area contributed by atoms with E-state index < -0.39 is 0 Å². The van der Waals surface area contributed by atoms with E-state index in [9.17, 15) is 9.90 Å². The van der Waals surface area contributed by atoms with Crippen molar-refractivity contribution in [3.05, 3.63) is 30.4 Å². The fourth-order valence-corrected chi connectivity index (χ4v) is 2.62. The van der Waals surface area contributed by atoms with E-state index in [1.54, 1.807) is 6.20 Å². The maximum Gasteiger partial charge on any atom is 1.00 e. The summed E-state index contributed by atoms with van der Waals surface area (Å²) in [6, 6.07) is 1.88. The molecule has 1 aromatic heterocycles. The van der Waals surface area contributed by atoms with Crippen molar-refractivity contribution in [2.45, 2.75) is 64.4 Å². The summed E-state index contributed by atoms with van der Waals surface area (Å²) >= 11 is 0. The summed E-state index contributed by atoms with van der Waals surface area (Å²) in [6.45, 7) is 5.01. The molecule has 1 N–H and O–H groups in total. The Morgan fingerprint density at radius 1 is 1.48 bits per heavy atom. The van der Waals surface area contributed by atoms with E-state index in [0.29, 0.717) is 31.3 Å². The number of ether oxygens (including phenoxy) is 1. The van der Waals surface area contributed by atoms with Gasteiger partial charge in [-0.3, -0.25) is 6.29 Å². The predicted molar refractivity (Wildman–Crippen MR) is 93.2 cm³/mol. The maximum absolute atomic E-state index is 10.1. The summed E-state index contributed by atoms with van der Waals surface area (Å²) in [5.74, 6) is 2.06. The molecule has 5 heteroatoms. The van der Waals surface area contributed by atoms with Crippen LogP contribution in [0.25, 0.3) is 0 Å². The van der Waals surface area contributed by atoms with Gasteiger partial charge in [0.15, 0.2) is 0 Å². The molecule has 2 aliphatic carbocycles. The molecule has 2 saturated carbocycles.